The summed E-state index contributed by atoms with van der Waals surface area (Å²) in [6, 6.07) is 11.4. The van der Waals surface area contributed by atoms with Crippen LogP contribution in [-0.4, -0.2) is 20.7 Å². The van der Waals surface area contributed by atoms with Crippen LogP contribution < -0.4 is 16.1 Å². The molecule has 0 radical (unpaired) electrons. The third kappa shape index (κ3) is 6.81. The van der Waals surface area contributed by atoms with Crippen molar-refractivity contribution in [2.75, 3.05) is 0 Å². The number of aromatic nitrogens is 3. The van der Waals surface area contributed by atoms with E-state index in [4.69, 9.17) is 0 Å². The molecule has 1 heterocycles. The summed E-state index contributed by atoms with van der Waals surface area (Å²) in [5.41, 5.74) is 0.00915. The molecule has 3 aromatic rings. The molecule has 2 aromatic carbocycles. The molecule has 6 nitrogen and oxygen atoms in total. The Morgan fingerprint density at radius 3 is 1.94 bits per heavy atom. The van der Waals surface area contributed by atoms with Gasteiger partial charge in [-0.2, -0.15) is 13.8 Å². The first-order valence-corrected chi connectivity index (χ1v) is 10.8. The highest BCUT2D eigenvalue weighted by atomic mass is 19.3. The molecule has 1 aromatic heterocycles. The molecule has 0 N–H and O–H groups in total. The standard InChI is InChI=1S/C22H22F3N3O3.C2H6/c1-3-14(2)19-26-21(29)28(13-15-4-8-17(23)9-5-15)22(30)27(19)12-16-6-10-18(11-7-16)31-20(24)25;1-2/h4-11,14,20H,3,12-13H2,1-2H3;1-2H3. The lowest BCUT2D eigenvalue weighted by Crippen LogP contribution is -2.44. The van der Waals surface area contributed by atoms with Crippen molar-refractivity contribution in [3.8, 4) is 5.75 Å². The predicted octanol–water partition coefficient (Wildman–Crippen LogP) is 4.78. The van der Waals surface area contributed by atoms with Crippen molar-refractivity contribution in [2.24, 2.45) is 0 Å². The number of nitrogens with zero attached hydrogens (tertiary/aromatic N) is 3. The largest absolute Gasteiger partial charge is 0.435 e. The smallest absolute Gasteiger partial charge is 0.387 e. The molecule has 0 saturated carbocycles. The third-order valence-electron chi connectivity index (χ3n) is 4.98. The van der Waals surface area contributed by atoms with Crippen LogP contribution in [0.2, 0.25) is 0 Å². The van der Waals surface area contributed by atoms with Crippen LogP contribution in [0.15, 0.2) is 58.1 Å². The Morgan fingerprint density at radius 1 is 0.909 bits per heavy atom. The average molecular weight is 464 g/mol. The topological polar surface area (TPSA) is 66.1 Å². The van der Waals surface area contributed by atoms with Crippen LogP contribution in [0.4, 0.5) is 13.2 Å². The van der Waals surface area contributed by atoms with Crippen LogP contribution in [0, 0.1) is 5.82 Å². The minimum atomic E-state index is -2.93. The maximum Gasteiger partial charge on any atom is 0.387 e. The zero-order chi connectivity index (χ0) is 24.5. The fraction of sp³-hybridized carbons (Fsp3) is 0.375. The van der Waals surface area contributed by atoms with Gasteiger partial charge in [-0.15, -0.1) is 0 Å². The highest BCUT2D eigenvalue weighted by molar-refractivity contribution is 5.27. The Morgan fingerprint density at radius 2 is 1.42 bits per heavy atom. The molecule has 0 aliphatic heterocycles. The van der Waals surface area contributed by atoms with E-state index in [1.807, 2.05) is 27.7 Å². The lowest BCUT2D eigenvalue weighted by atomic mass is 10.1. The van der Waals surface area contributed by atoms with Gasteiger partial charge in [-0.25, -0.2) is 18.5 Å². The van der Waals surface area contributed by atoms with Gasteiger partial charge in [0.1, 0.15) is 17.4 Å². The minimum Gasteiger partial charge on any atom is -0.435 e. The van der Waals surface area contributed by atoms with Crippen molar-refractivity contribution in [1.29, 1.82) is 0 Å². The van der Waals surface area contributed by atoms with E-state index in [2.05, 4.69) is 9.72 Å². The van der Waals surface area contributed by atoms with Crippen molar-refractivity contribution in [2.45, 2.75) is 59.7 Å². The second-order valence-corrected chi connectivity index (χ2v) is 7.17. The van der Waals surface area contributed by atoms with Gasteiger partial charge < -0.3 is 4.74 Å². The van der Waals surface area contributed by atoms with Crippen molar-refractivity contribution < 1.29 is 17.9 Å². The summed E-state index contributed by atoms with van der Waals surface area (Å²) in [4.78, 5) is 29.9. The molecule has 0 aliphatic carbocycles. The van der Waals surface area contributed by atoms with Crippen LogP contribution in [0.5, 0.6) is 5.75 Å². The number of alkyl halides is 2. The molecule has 0 bridgehead atoms. The van der Waals surface area contributed by atoms with Gasteiger partial charge in [0.2, 0.25) is 0 Å². The molecule has 0 fully saturated rings. The Balaban J connectivity index is 0.00000187. The number of ether oxygens (including phenoxy) is 1. The second kappa shape index (κ2) is 12.0. The zero-order valence-electron chi connectivity index (χ0n) is 19.1. The number of benzene rings is 2. The Hall–Kier alpha value is -3.36. The molecule has 0 amide bonds. The van der Waals surface area contributed by atoms with E-state index in [1.54, 1.807) is 12.1 Å². The zero-order valence-corrected chi connectivity index (χ0v) is 19.1. The summed E-state index contributed by atoms with van der Waals surface area (Å²) < 4.78 is 44.6. The minimum absolute atomic E-state index is 0.00708. The fourth-order valence-corrected chi connectivity index (χ4v) is 3.12. The molecule has 0 aliphatic rings. The van der Waals surface area contributed by atoms with E-state index in [-0.39, 0.29) is 24.8 Å². The van der Waals surface area contributed by atoms with E-state index in [1.165, 1.54) is 41.0 Å². The molecule has 3 rings (SSSR count). The Bertz CT molecular complexity index is 1140. The molecule has 0 spiro atoms. The normalized spacial score (nSPS) is 11.6. The molecule has 1 unspecified atom stereocenters. The monoisotopic (exact) mass is 463 g/mol. The number of rotatable bonds is 8. The van der Waals surface area contributed by atoms with Crippen molar-refractivity contribution in [3.05, 3.63) is 92.3 Å². The fourth-order valence-electron chi connectivity index (χ4n) is 3.12. The number of hydrogen-bond acceptors (Lipinski definition) is 4. The molecule has 9 heteroatoms. The van der Waals surface area contributed by atoms with Crippen LogP contribution in [-0.2, 0) is 13.1 Å². The van der Waals surface area contributed by atoms with Crippen LogP contribution in [0.3, 0.4) is 0 Å². The highest BCUT2D eigenvalue weighted by Gasteiger charge is 2.18. The van der Waals surface area contributed by atoms with Gasteiger partial charge in [-0.3, -0.25) is 4.57 Å². The van der Waals surface area contributed by atoms with Gasteiger partial charge in [0.25, 0.3) is 0 Å². The number of hydrogen-bond donors (Lipinski definition) is 0. The first-order chi connectivity index (χ1) is 15.8. The molecule has 0 saturated heterocycles. The number of halogens is 3. The van der Waals surface area contributed by atoms with E-state index in [0.717, 1.165) is 4.57 Å². The Kier molecular flexibility index (Phi) is 9.44. The van der Waals surface area contributed by atoms with Crippen molar-refractivity contribution >= 4 is 0 Å². The molecular formula is C24H28F3N3O3. The maximum atomic E-state index is 13.2. The van der Waals surface area contributed by atoms with E-state index < -0.39 is 23.8 Å². The first-order valence-electron chi connectivity index (χ1n) is 10.8. The SMILES string of the molecule is CC.CCC(C)c1nc(=O)n(Cc2ccc(F)cc2)c(=O)n1Cc1ccc(OC(F)F)cc1. The first kappa shape index (κ1) is 25.9. The molecular weight excluding hydrogens is 435 g/mol. The van der Waals surface area contributed by atoms with E-state index in [0.29, 0.717) is 23.4 Å². The van der Waals surface area contributed by atoms with E-state index in [9.17, 15) is 22.8 Å². The van der Waals surface area contributed by atoms with E-state index >= 15 is 0 Å². The highest BCUT2D eigenvalue weighted by Crippen LogP contribution is 2.18. The summed E-state index contributed by atoms with van der Waals surface area (Å²) >= 11 is 0. The molecule has 33 heavy (non-hydrogen) atoms. The second-order valence-electron chi connectivity index (χ2n) is 7.17. The van der Waals surface area contributed by atoms with Crippen molar-refractivity contribution in [1.82, 2.24) is 14.1 Å². The van der Waals surface area contributed by atoms with Gasteiger partial charge in [-0.1, -0.05) is 52.0 Å². The van der Waals surface area contributed by atoms with Crippen LogP contribution >= 0.6 is 0 Å². The van der Waals surface area contributed by atoms with Crippen LogP contribution in [0.1, 0.15) is 57.0 Å². The maximum absolute atomic E-state index is 13.2. The lowest BCUT2D eigenvalue weighted by Gasteiger charge is -2.18. The molecule has 178 valence electrons. The van der Waals surface area contributed by atoms with Gasteiger partial charge >= 0.3 is 18.0 Å². The summed E-state index contributed by atoms with van der Waals surface area (Å²) in [6.07, 6.45) is 0.662. The summed E-state index contributed by atoms with van der Waals surface area (Å²) in [6.45, 7) is 4.91. The third-order valence-corrected chi connectivity index (χ3v) is 4.98. The van der Waals surface area contributed by atoms with Gasteiger partial charge in [-0.05, 0) is 41.8 Å². The van der Waals surface area contributed by atoms with Gasteiger partial charge in [0, 0.05) is 5.92 Å². The molecule has 1 atom stereocenters. The summed E-state index contributed by atoms with van der Waals surface area (Å²) in [7, 11) is 0. The van der Waals surface area contributed by atoms with Crippen molar-refractivity contribution in [3.63, 3.8) is 0 Å². The van der Waals surface area contributed by atoms with Crippen LogP contribution in [0.25, 0.3) is 0 Å². The average Bonchev–Trinajstić information content (AvgIpc) is 2.81. The summed E-state index contributed by atoms with van der Waals surface area (Å²) in [5, 5.41) is 0. The Labute approximate surface area is 190 Å². The quantitative estimate of drug-likeness (QED) is 0.482. The summed E-state index contributed by atoms with van der Waals surface area (Å²) in [5.74, 6) is -0.214. The predicted molar refractivity (Wildman–Crippen MR) is 120 cm³/mol. The van der Waals surface area contributed by atoms with Gasteiger partial charge in [0.05, 0.1) is 13.1 Å². The van der Waals surface area contributed by atoms with Gasteiger partial charge in [0.15, 0.2) is 0 Å². The lowest BCUT2D eigenvalue weighted by molar-refractivity contribution is -0.0498.